The van der Waals surface area contributed by atoms with Crippen LogP contribution in [-0.2, 0) is 11.2 Å². The zero-order valence-corrected chi connectivity index (χ0v) is 21.0. The van der Waals surface area contributed by atoms with Crippen molar-refractivity contribution in [1.29, 1.82) is 0 Å². The molecule has 1 aliphatic carbocycles. The molecule has 2 unspecified atom stereocenters. The van der Waals surface area contributed by atoms with E-state index in [-0.39, 0.29) is 36.5 Å². The molecule has 3 aromatic carbocycles. The fourth-order valence-electron chi connectivity index (χ4n) is 6.84. The van der Waals surface area contributed by atoms with Gasteiger partial charge in [-0.25, -0.2) is 9.18 Å². The molecule has 1 N–H and O–H groups in total. The zero-order chi connectivity index (χ0) is 25.6. The Morgan fingerprint density at radius 2 is 1.62 bits per heavy atom. The van der Waals surface area contributed by atoms with Crippen LogP contribution >= 0.6 is 0 Å². The summed E-state index contributed by atoms with van der Waals surface area (Å²) in [4.78, 5) is 15.3. The number of benzene rings is 3. The number of aliphatic hydroxyl groups is 1. The van der Waals surface area contributed by atoms with E-state index in [1.54, 1.807) is 12.1 Å². The second-order valence-electron chi connectivity index (χ2n) is 10.7. The Morgan fingerprint density at radius 1 is 1.00 bits per heavy atom. The van der Waals surface area contributed by atoms with Crippen LogP contribution in [0.2, 0.25) is 0 Å². The van der Waals surface area contributed by atoms with Gasteiger partial charge in [-0.1, -0.05) is 54.6 Å². The quantitative estimate of drug-likeness (QED) is 0.461. The maximum absolute atomic E-state index is 14.3. The Labute approximate surface area is 216 Å². The summed E-state index contributed by atoms with van der Waals surface area (Å²) in [7, 11) is 1.44. The minimum atomic E-state index is -0.989. The maximum Gasteiger partial charge on any atom is 0.410 e. The summed E-state index contributed by atoms with van der Waals surface area (Å²) in [6.45, 7) is 0.290. The van der Waals surface area contributed by atoms with Crippen molar-refractivity contribution in [2.75, 3.05) is 13.7 Å². The van der Waals surface area contributed by atoms with Gasteiger partial charge in [0, 0.05) is 24.4 Å². The van der Waals surface area contributed by atoms with Crippen LogP contribution in [0.1, 0.15) is 54.7 Å². The van der Waals surface area contributed by atoms with Crippen molar-refractivity contribution < 1.29 is 23.8 Å². The molecule has 2 bridgehead atoms. The van der Waals surface area contributed by atoms with Gasteiger partial charge in [0.1, 0.15) is 6.61 Å². The number of ether oxygens (including phenoxy) is 2. The van der Waals surface area contributed by atoms with Gasteiger partial charge in [0.05, 0.1) is 12.7 Å². The molecule has 0 saturated carbocycles. The molecule has 0 aromatic heterocycles. The van der Waals surface area contributed by atoms with Gasteiger partial charge < -0.3 is 19.5 Å². The first-order valence-corrected chi connectivity index (χ1v) is 13.1. The molecule has 1 amide bonds. The van der Waals surface area contributed by atoms with E-state index in [4.69, 9.17) is 9.47 Å². The third-order valence-corrected chi connectivity index (χ3v) is 8.39. The van der Waals surface area contributed by atoms with Gasteiger partial charge in [-0.3, -0.25) is 0 Å². The summed E-state index contributed by atoms with van der Waals surface area (Å²) in [5.74, 6) is -0.222. The monoisotopic (exact) mass is 501 g/mol. The molecule has 3 aromatic rings. The Morgan fingerprint density at radius 3 is 2.22 bits per heavy atom. The fraction of sp³-hybridized carbons (Fsp3) is 0.387. The number of hydrogen-bond donors (Lipinski definition) is 1. The van der Waals surface area contributed by atoms with Crippen molar-refractivity contribution >= 4 is 6.09 Å². The molecular formula is C31H32FNO4. The van der Waals surface area contributed by atoms with Crippen molar-refractivity contribution in [3.8, 4) is 16.9 Å². The molecule has 0 spiro atoms. The van der Waals surface area contributed by atoms with Crippen LogP contribution in [0.15, 0.2) is 66.7 Å². The van der Waals surface area contributed by atoms with Crippen molar-refractivity contribution in [2.45, 2.75) is 62.1 Å². The standard InChI is InChI=1S/C31H32FNO4/c1-36-29-14-13-20(15-28(29)32)16-31(35)17-21-7-6-8-22(18-31)33(21)30(34)37-19-27-25-11-4-2-9-23(25)24-10-3-5-12-26(24)27/h2-5,9-15,21-22,27,35H,6-8,16-19H2,1H3. The molecule has 2 saturated heterocycles. The highest BCUT2D eigenvalue weighted by atomic mass is 19.1. The topological polar surface area (TPSA) is 59.0 Å². The van der Waals surface area contributed by atoms with Crippen molar-refractivity contribution in [3.63, 3.8) is 0 Å². The number of piperidine rings is 2. The van der Waals surface area contributed by atoms with E-state index in [2.05, 4.69) is 24.3 Å². The van der Waals surface area contributed by atoms with Gasteiger partial charge >= 0.3 is 6.09 Å². The molecule has 37 heavy (non-hydrogen) atoms. The van der Waals surface area contributed by atoms with E-state index in [9.17, 15) is 14.3 Å². The number of methoxy groups -OCH3 is 1. The first-order valence-electron chi connectivity index (χ1n) is 13.1. The first kappa shape index (κ1) is 24.0. The molecule has 3 aliphatic rings. The average Bonchev–Trinajstić information content (AvgIpc) is 3.20. The van der Waals surface area contributed by atoms with E-state index in [0.717, 1.165) is 24.8 Å². The van der Waals surface area contributed by atoms with Crippen LogP contribution < -0.4 is 4.74 Å². The van der Waals surface area contributed by atoms with Crippen molar-refractivity contribution in [2.24, 2.45) is 0 Å². The highest BCUT2D eigenvalue weighted by molar-refractivity contribution is 5.79. The molecule has 2 fully saturated rings. The summed E-state index contributed by atoms with van der Waals surface area (Å²) in [6.07, 6.45) is 3.66. The molecule has 2 heterocycles. The smallest absolute Gasteiger partial charge is 0.410 e. The number of rotatable bonds is 5. The Balaban J connectivity index is 1.16. The number of nitrogens with zero attached hydrogens (tertiary/aromatic N) is 1. The number of fused-ring (bicyclic) bond motifs is 5. The van der Waals surface area contributed by atoms with Crippen LogP contribution in [0.4, 0.5) is 9.18 Å². The predicted octanol–water partition coefficient (Wildman–Crippen LogP) is 6.07. The summed E-state index contributed by atoms with van der Waals surface area (Å²) in [6, 6.07) is 21.3. The second kappa shape index (κ2) is 9.49. The van der Waals surface area contributed by atoms with E-state index < -0.39 is 11.4 Å². The molecule has 192 valence electrons. The Kier molecular flexibility index (Phi) is 6.15. The number of carbonyl (C=O) groups is 1. The first-order chi connectivity index (χ1) is 18.0. The largest absolute Gasteiger partial charge is 0.494 e. The lowest BCUT2D eigenvalue weighted by atomic mass is 9.73. The molecule has 2 aliphatic heterocycles. The van der Waals surface area contributed by atoms with E-state index in [0.29, 0.717) is 19.3 Å². The normalized spacial score (nSPS) is 24.4. The van der Waals surface area contributed by atoms with E-state index >= 15 is 0 Å². The maximum atomic E-state index is 14.3. The highest BCUT2D eigenvalue weighted by Gasteiger charge is 2.48. The Bertz CT molecular complexity index is 1260. The number of hydrogen-bond acceptors (Lipinski definition) is 4. The molecule has 2 atom stereocenters. The molecule has 6 rings (SSSR count). The fourth-order valence-corrected chi connectivity index (χ4v) is 6.84. The lowest BCUT2D eigenvalue weighted by Crippen LogP contribution is -2.60. The molecule has 0 radical (unpaired) electrons. The van der Waals surface area contributed by atoms with Crippen molar-refractivity contribution in [1.82, 2.24) is 4.90 Å². The van der Waals surface area contributed by atoms with Crippen LogP contribution in [0.25, 0.3) is 11.1 Å². The minimum absolute atomic E-state index is 0.0166. The van der Waals surface area contributed by atoms with Crippen LogP contribution in [0.3, 0.4) is 0 Å². The predicted molar refractivity (Wildman–Crippen MR) is 139 cm³/mol. The summed E-state index contributed by atoms with van der Waals surface area (Å²) < 4.78 is 25.3. The molecule has 6 heteroatoms. The number of halogens is 1. The van der Waals surface area contributed by atoms with Crippen LogP contribution in [-0.4, -0.2) is 47.5 Å². The number of carbonyl (C=O) groups excluding carboxylic acids is 1. The summed E-state index contributed by atoms with van der Waals surface area (Å²) in [5, 5.41) is 11.5. The third kappa shape index (κ3) is 4.37. The van der Waals surface area contributed by atoms with Gasteiger partial charge in [0.2, 0.25) is 0 Å². The van der Waals surface area contributed by atoms with Gasteiger partial charge in [-0.05, 0) is 72.1 Å². The second-order valence-corrected chi connectivity index (χ2v) is 10.7. The highest BCUT2D eigenvalue weighted by Crippen LogP contribution is 2.45. The molecule has 5 nitrogen and oxygen atoms in total. The zero-order valence-electron chi connectivity index (χ0n) is 21.0. The van der Waals surface area contributed by atoms with Gasteiger partial charge in [-0.15, -0.1) is 0 Å². The van der Waals surface area contributed by atoms with E-state index in [1.807, 2.05) is 29.2 Å². The van der Waals surface area contributed by atoms with Crippen LogP contribution in [0.5, 0.6) is 5.75 Å². The summed E-state index contributed by atoms with van der Waals surface area (Å²) in [5.41, 5.74) is 4.53. The lowest BCUT2D eigenvalue weighted by molar-refractivity contribution is -0.0840. The average molecular weight is 502 g/mol. The van der Waals surface area contributed by atoms with Gasteiger partial charge in [0.25, 0.3) is 0 Å². The van der Waals surface area contributed by atoms with Crippen molar-refractivity contribution in [3.05, 3.63) is 89.2 Å². The molecular weight excluding hydrogens is 469 g/mol. The van der Waals surface area contributed by atoms with E-state index in [1.165, 1.54) is 35.4 Å². The van der Waals surface area contributed by atoms with Crippen LogP contribution in [0, 0.1) is 5.82 Å². The SMILES string of the molecule is COc1ccc(CC2(O)CC3CCCC(C2)N3C(=O)OCC2c3ccccc3-c3ccccc32)cc1F. The minimum Gasteiger partial charge on any atom is -0.494 e. The number of amides is 1. The third-order valence-electron chi connectivity index (χ3n) is 8.39. The lowest BCUT2D eigenvalue weighted by Gasteiger charge is -2.51. The van der Waals surface area contributed by atoms with Gasteiger partial charge in [-0.2, -0.15) is 0 Å². The summed E-state index contributed by atoms with van der Waals surface area (Å²) >= 11 is 0. The van der Waals surface area contributed by atoms with Gasteiger partial charge in [0.15, 0.2) is 11.6 Å². The Hall–Kier alpha value is -3.38.